The molecular weight excluding hydrogens is 787 g/mol. The first-order chi connectivity index (χ1) is 28.2. The zero-order valence-corrected chi connectivity index (χ0v) is 36.7. The number of fused-ring (bicyclic) bond motifs is 1. The van der Waals surface area contributed by atoms with Crippen molar-refractivity contribution in [3.63, 3.8) is 0 Å². The van der Waals surface area contributed by atoms with Gasteiger partial charge in [-0.25, -0.2) is 18.2 Å². The van der Waals surface area contributed by atoms with Crippen LogP contribution < -0.4 is 24.8 Å². The van der Waals surface area contributed by atoms with Gasteiger partial charge < -0.3 is 29.7 Å². The molecule has 14 nitrogen and oxygen atoms in total. The van der Waals surface area contributed by atoms with Crippen molar-refractivity contribution >= 4 is 44.7 Å². The van der Waals surface area contributed by atoms with Crippen LogP contribution in [0.2, 0.25) is 0 Å². The van der Waals surface area contributed by atoms with Gasteiger partial charge in [0, 0.05) is 35.4 Å². The minimum atomic E-state index is -4.05. The maximum Gasteiger partial charge on any atom is 0.408 e. The summed E-state index contributed by atoms with van der Waals surface area (Å²) in [6.07, 6.45) is 3.00. The normalized spacial score (nSPS) is 22.6. The summed E-state index contributed by atoms with van der Waals surface area (Å²) in [6, 6.07) is 14.5. The second kappa shape index (κ2) is 16.7. The van der Waals surface area contributed by atoms with Gasteiger partial charge in [-0.05, 0) is 64.0 Å². The maximum atomic E-state index is 14.8. The number of nitrogens with zero attached hydrogens (tertiary/aromatic N) is 2. The molecule has 324 valence electrons. The molecule has 3 aromatic rings. The van der Waals surface area contributed by atoms with E-state index < -0.39 is 79.2 Å². The van der Waals surface area contributed by atoms with Gasteiger partial charge >= 0.3 is 6.09 Å². The fraction of sp³-hybridized carbons (Fsp3) is 0.533. The van der Waals surface area contributed by atoms with Crippen LogP contribution in [0.3, 0.4) is 0 Å². The Morgan fingerprint density at radius 3 is 2.32 bits per heavy atom. The average molecular weight is 846 g/mol. The van der Waals surface area contributed by atoms with Crippen molar-refractivity contribution in [3.05, 3.63) is 67.3 Å². The number of likely N-dealkylation sites (tertiary alicyclic amines) is 1. The van der Waals surface area contributed by atoms with Gasteiger partial charge in [-0.1, -0.05) is 76.9 Å². The molecule has 5 atom stereocenters. The zero-order valence-electron chi connectivity index (χ0n) is 35.9. The summed E-state index contributed by atoms with van der Waals surface area (Å²) in [6.45, 7) is 16.3. The molecule has 4 amide bonds. The van der Waals surface area contributed by atoms with E-state index in [4.69, 9.17) is 19.2 Å². The van der Waals surface area contributed by atoms with Crippen LogP contribution in [0.15, 0.2) is 67.3 Å². The molecule has 5 unspecified atom stereocenters. The van der Waals surface area contributed by atoms with Gasteiger partial charge in [-0.3, -0.25) is 19.1 Å². The molecule has 6 rings (SSSR count). The van der Waals surface area contributed by atoms with E-state index in [0.29, 0.717) is 53.8 Å². The van der Waals surface area contributed by atoms with Crippen molar-refractivity contribution < 1.29 is 41.8 Å². The number of pyridine rings is 1. The molecule has 2 heterocycles. The van der Waals surface area contributed by atoms with Gasteiger partial charge in [0.2, 0.25) is 21.8 Å². The molecule has 1 aromatic heterocycles. The van der Waals surface area contributed by atoms with Crippen molar-refractivity contribution in [2.45, 2.75) is 127 Å². The number of methoxy groups -OCH3 is 1. The average Bonchev–Trinajstić information content (AvgIpc) is 4.09. The highest BCUT2D eigenvalue weighted by molar-refractivity contribution is 7.91. The highest BCUT2D eigenvalue weighted by Crippen LogP contribution is 2.49. The van der Waals surface area contributed by atoms with Crippen molar-refractivity contribution in [1.29, 1.82) is 0 Å². The number of unbranched alkanes of at least 4 members (excludes halogenated alkanes) is 1. The van der Waals surface area contributed by atoms with Crippen LogP contribution in [0.4, 0.5) is 4.79 Å². The van der Waals surface area contributed by atoms with Gasteiger partial charge in [0.15, 0.2) is 0 Å². The van der Waals surface area contributed by atoms with Gasteiger partial charge in [0.05, 0.1) is 29.6 Å². The van der Waals surface area contributed by atoms with E-state index in [1.54, 1.807) is 60.8 Å². The predicted octanol–water partition coefficient (Wildman–Crippen LogP) is 6.43. The number of alkyl carbamates (subject to hydrolysis) is 1. The number of amides is 4. The fourth-order valence-electron chi connectivity index (χ4n) is 7.90. The lowest BCUT2D eigenvalue weighted by Crippen LogP contribution is -2.60. The summed E-state index contributed by atoms with van der Waals surface area (Å²) in [5.41, 5.74) is -1.19. The number of sulfonamides is 1. The molecule has 3 N–H and O–H groups in total. The van der Waals surface area contributed by atoms with Gasteiger partial charge in [-0.15, -0.1) is 6.58 Å². The topological polar surface area (TPSA) is 182 Å². The first kappa shape index (κ1) is 44.4. The highest BCUT2D eigenvalue weighted by Gasteiger charge is 2.63. The molecule has 1 saturated heterocycles. The summed E-state index contributed by atoms with van der Waals surface area (Å²) >= 11 is 0. The lowest BCUT2D eigenvalue weighted by Gasteiger charge is -2.36. The minimum absolute atomic E-state index is 0.0103. The monoisotopic (exact) mass is 845 g/mol. The number of carbonyl (C=O) groups excluding carboxylic acids is 4. The Morgan fingerprint density at radius 2 is 1.73 bits per heavy atom. The quantitative estimate of drug-likeness (QED) is 0.144. The number of carbonyl (C=O) groups is 4. The fourth-order valence-corrected chi connectivity index (χ4v) is 9.60. The van der Waals surface area contributed by atoms with E-state index >= 15 is 0 Å². The van der Waals surface area contributed by atoms with Crippen LogP contribution in [-0.2, 0) is 29.1 Å². The Labute approximate surface area is 353 Å². The lowest BCUT2D eigenvalue weighted by molar-refractivity contribution is -0.143. The summed E-state index contributed by atoms with van der Waals surface area (Å²) in [5.74, 6) is -1.55. The van der Waals surface area contributed by atoms with Crippen molar-refractivity contribution in [2.75, 3.05) is 13.7 Å². The molecule has 60 heavy (non-hydrogen) atoms. The molecule has 2 saturated carbocycles. The molecule has 0 radical (unpaired) electrons. The number of rotatable bonds is 15. The molecule has 15 heteroatoms. The third-order valence-corrected chi connectivity index (χ3v) is 13.8. The van der Waals surface area contributed by atoms with Crippen molar-refractivity contribution in [3.8, 4) is 22.8 Å². The van der Waals surface area contributed by atoms with Crippen molar-refractivity contribution in [2.24, 2.45) is 11.3 Å². The van der Waals surface area contributed by atoms with E-state index in [-0.39, 0.29) is 19.4 Å². The van der Waals surface area contributed by atoms with E-state index in [0.717, 1.165) is 12.0 Å². The third kappa shape index (κ3) is 9.40. The summed E-state index contributed by atoms with van der Waals surface area (Å²) in [7, 11) is -2.48. The van der Waals surface area contributed by atoms with Crippen molar-refractivity contribution in [1.82, 2.24) is 25.2 Å². The minimum Gasteiger partial charge on any atom is -0.497 e. The maximum absolute atomic E-state index is 14.8. The first-order valence-electron chi connectivity index (χ1n) is 20.7. The van der Waals surface area contributed by atoms with Gasteiger partial charge in [0.25, 0.3) is 5.91 Å². The second-order valence-electron chi connectivity index (χ2n) is 18.4. The molecule has 2 aliphatic carbocycles. The second-order valence-corrected chi connectivity index (χ2v) is 20.5. The molecule has 2 aromatic carbocycles. The van der Waals surface area contributed by atoms with E-state index in [2.05, 4.69) is 21.9 Å². The van der Waals surface area contributed by atoms with Crippen LogP contribution >= 0.6 is 0 Å². The largest absolute Gasteiger partial charge is 0.497 e. The van der Waals surface area contributed by atoms with Gasteiger partial charge in [0.1, 0.15) is 40.8 Å². The number of ether oxygens (including phenoxy) is 3. The third-order valence-electron chi connectivity index (χ3n) is 11.6. The Balaban J connectivity index is 1.34. The summed E-state index contributed by atoms with van der Waals surface area (Å²) in [4.78, 5) is 62.8. The number of hydrogen-bond donors (Lipinski definition) is 3. The Bertz CT molecular complexity index is 2250. The Hall–Kier alpha value is -5.18. The van der Waals surface area contributed by atoms with Crippen LogP contribution in [0.1, 0.15) is 93.4 Å². The SMILES string of the molecule is C=CC1CC1(NC(=O)C1CC(Oc2cc(-c3ccccc3)nc3cc(OC)ccc23)CN1C(=O)C(NC(=O)OC(C)(C)C)C(C)(C)C)C(=O)NS(=O)(=O)C1(CCCC)CC1. The zero-order chi connectivity index (χ0) is 43.8. The Kier molecular flexibility index (Phi) is 12.4. The Morgan fingerprint density at radius 1 is 1.03 bits per heavy atom. The van der Waals surface area contributed by atoms with Crippen LogP contribution in [0.5, 0.6) is 11.5 Å². The van der Waals surface area contributed by atoms with Gasteiger partial charge in [-0.2, -0.15) is 0 Å². The van der Waals surface area contributed by atoms with E-state index in [9.17, 15) is 27.6 Å². The number of hydrogen-bond acceptors (Lipinski definition) is 10. The smallest absolute Gasteiger partial charge is 0.408 e. The molecule has 3 aliphatic rings. The van der Waals surface area contributed by atoms with E-state index in [1.807, 2.05) is 49.4 Å². The van der Waals surface area contributed by atoms with Crippen LogP contribution in [0, 0.1) is 11.3 Å². The van der Waals surface area contributed by atoms with Crippen LogP contribution in [-0.4, -0.2) is 89.8 Å². The molecular formula is C45H59N5O9S. The lowest BCUT2D eigenvalue weighted by atomic mass is 9.85. The highest BCUT2D eigenvalue weighted by atomic mass is 32.2. The van der Waals surface area contributed by atoms with E-state index in [1.165, 1.54) is 11.0 Å². The number of benzene rings is 2. The number of aromatic nitrogens is 1. The standard InChI is InChI=1S/C45H59N5O9S/c1-10-12-20-44(21-22-44)60(55,56)49-40(53)45(26-29(45)11-2)48-38(51)35-24-31(27-50(35)39(52)37(42(3,4)5)47-41(54)59-43(6,7)8)58-36-25-33(28-16-14-13-15-17-28)46-34-23-30(57-9)18-19-32(34)36/h11,13-19,23,25,29,31,35,37H,2,10,12,20-22,24,26-27H2,1,3-9H3,(H,47,54)(H,48,51)(H,49,53). The predicted molar refractivity (Wildman–Crippen MR) is 229 cm³/mol. The number of nitrogens with one attached hydrogen (secondary N) is 3. The molecule has 1 aliphatic heterocycles. The summed E-state index contributed by atoms with van der Waals surface area (Å²) in [5, 5.41) is 6.29. The molecule has 0 bridgehead atoms. The van der Waals surface area contributed by atoms with Crippen LogP contribution in [0.25, 0.3) is 22.2 Å². The molecule has 0 spiro atoms. The first-order valence-corrected chi connectivity index (χ1v) is 22.2. The molecule has 3 fully saturated rings. The summed E-state index contributed by atoms with van der Waals surface area (Å²) < 4.78 is 46.2.